The van der Waals surface area contributed by atoms with Crippen molar-refractivity contribution in [2.24, 2.45) is 0 Å². The first-order valence-corrected chi connectivity index (χ1v) is 7.96. The molecule has 0 saturated heterocycles. The quantitative estimate of drug-likeness (QED) is 0.758. The number of amides is 2. The molecular formula is C16H13N3O4S. The molecule has 2 N–H and O–H groups in total. The van der Waals surface area contributed by atoms with E-state index in [9.17, 15) is 4.79 Å². The number of carbonyl (C=O) groups is 1. The van der Waals surface area contributed by atoms with E-state index in [2.05, 4.69) is 15.6 Å². The van der Waals surface area contributed by atoms with E-state index in [1.165, 1.54) is 11.3 Å². The maximum atomic E-state index is 12.2. The Morgan fingerprint density at radius 3 is 2.96 bits per heavy atom. The number of methoxy groups -OCH3 is 1. The van der Waals surface area contributed by atoms with Crippen LogP contribution in [0.5, 0.6) is 17.2 Å². The van der Waals surface area contributed by atoms with E-state index in [1.54, 1.807) is 25.3 Å². The summed E-state index contributed by atoms with van der Waals surface area (Å²) in [5.41, 5.74) is 1.33. The lowest BCUT2D eigenvalue weighted by Crippen LogP contribution is -2.19. The fourth-order valence-electron chi connectivity index (χ4n) is 2.38. The molecule has 0 spiro atoms. The summed E-state index contributed by atoms with van der Waals surface area (Å²) >= 11 is 1.38. The number of urea groups is 1. The van der Waals surface area contributed by atoms with Crippen LogP contribution in [0.25, 0.3) is 10.2 Å². The number of ether oxygens (including phenoxy) is 3. The van der Waals surface area contributed by atoms with Gasteiger partial charge in [-0.2, -0.15) is 0 Å². The van der Waals surface area contributed by atoms with Gasteiger partial charge in [-0.25, -0.2) is 9.78 Å². The smallest absolute Gasteiger partial charge is 0.325 e. The number of nitrogens with zero attached hydrogens (tertiary/aromatic N) is 1. The third-order valence-corrected chi connectivity index (χ3v) is 4.39. The van der Waals surface area contributed by atoms with Gasteiger partial charge in [0.15, 0.2) is 16.6 Å². The average Bonchev–Trinajstić information content (AvgIpc) is 3.19. The van der Waals surface area contributed by atoms with E-state index < -0.39 is 0 Å². The van der Waals surface area contributed by atoms with Crippen LogP contribution in [0, 0.1) is 0 Å². The minimum absolute atomic E-state index is 0.193. The lowest BCUT2D eigenvalue weighted by Gasteiger charge is -2.06. The van der Waals surface area contributed by atoms with Crippen molar-refractivity contribution < 1.29 is 19.0 Å². The summed E-state index contributed by atoms with van der Waals surface area (Å²) in [5.74, 6) is 1.95. The number of hydrogen-bond donors (Lipinski definition) is 2. The van der Waals surface area contributed by atoms with Crippen LogP contribution in [-0.4, -0.2) is 24.9 Å². The molecule has 122 valence electrons. The molecular weight excluding hydrogens is 330 g/mol. The van der Waals surface area contributed by atoms with Crippen LogP contribution >= 0.6 is 11.3 Å². The van der Waals surface area contributed by atoms with Gasteiger partial charge < -0.3 is 19.5 Å². The third kappa shape index (κ3) is 2.67. The van der Waals surface area contributed by atoms with Crippen molar-refractivity contribution in [1.82, 2.24) is 4.98 Å². The van der Waals surface area contributed by atoms with Crippen molar-refractivity contribution in [2.45, 2.75) is 0 Å². The number of para-hydroxylation sites is 1. The second-order valence-electron chi connectivity index (χ2n) is 4.97. The van der Waals surface area contributed by atoms with Crippen LogP contribution in [0.4, 0.5) is 15.6 Å². The number of carbonyl (C=O) groups excluding carboxylic acids is 1. The number of nitrogens with one attached hydrogen (secondary N) is 2. The Balaban J connectivity index is 1.50. The van der Waals surface area contributed by atoms with Gasteiger partial charge in [-0.15, -0.1) is 0 Å². The number of anilines is 2. The first-order valence-electron chi connectivity index (χ1n) is 7.14. The predicted octanol–water partition coefficient (Wildman–Crippen LogP) is 3.68. The van der Waals surface area contributed by atoms with Crippen molar-refractivity contribution in [3.8, 4) is 17.2 Å². The highest BCUT2D eigenvalue weighted by Crippen LogP contribution is 2.35. The van der Waals surface area contributed by atoms with Crippen LogP contribution in [0.2, 0.25) is 0 Å². The van der Waals surface area contributed by atoms with Crippen molar-refractivity contribution in [3.63, 3.8) is 0 Å². The van der Waals surface area contributed by atoms with Crippen LogP contribution in [0.1, 0.15) is 0 Å². The van der Waals surface area contributed by atoms with E-state index in [4.69, 9.17) is 14.2 Å². The molecule has 2 aromatic carbocycles. The molecule has 0 bridgehead atoms. The highest BCUT2D eigenvalue weighted by molar-refractivity contribution is 7.22. The molecule has 0 unspecified atom stereocenters. The van der Waals surface area contributed by atoms with Gasteiger partial charge in [-0.05, 0) is 24.3 Å². The molecule has 0 atom stereocenters. The van der Waals surface area contributed by atoms with Crippen LogP contribution in [-0.2, 0) is 0 Å². The second kappa shape index (κ2) is 5.89. The van der Waals surface area contributed by atoms with Crippen molar-refractivity contribution in [3.05, 3.63) is 36.4 Å². The van der Waals surface area contributed by atoms with Crippen LogP contribution in [0.15, 0.2) is 36.4 Å². The summed E-state index contributed by atoms with van der Waals surface area (Å²) in [7, 11) is 1.59. The van der Waals surface area contributed by atoms with Crippen molar-refractivity contribution >= 4 is 38.4 Å². The monoisotopic (exact) mass is 343 g/mol. The van der Waals surface area contributed by atoms with E-state index in [0.29, 0.717) is 28.1 Å². The SMILES string of the molecule is COc1cccc2sc(NC(=O)Nc3ccc4c(c3)OCO4)nc12. The molecule has 24 heavy (non-hydrogen) atoms. The highest BCUT2D eigenvalue weighted by atomic mass is 32.1. The minimum Gasteiger partial charge on any atom is -0.494 e. The Kier molecular flexibility index (Phi) is 3.58. The normalized spacial score (nSPS) is 12.2. The van der Waals surface area contributed by atoms with Gasteiger partial charge in [-0.3, -0.25) is 5.32 Å². The molecule has 4 rings (SSSR count). The summed E-state index contributed by atoms with van der Waals surface area (Å²) in [6.07, 6.45) is 0. The number of rotatable bonds is 3. The summed E-state index contributed by atoms with van der Waals surface area (Å²) in [4.78, 5) is 16.6. The number of thiazole rings is 1. The summed E-state index contributed by atoms with van der Waals surface area (Å²) in [5, 5.41) is 5.96. The molecule has 0 saturated carbocycles. The highest BCUT2D eigenvalue weighted by Gasteiger charge is 2.15. The van der Waals surface area contributed by atoms with E-state index >= 15 is 0 Å². The predicted molar refractivity (Wildman–Crippen MR) is 91.4 cm³/mol. The maximum absolute atomic E-state index is 12.2. The van der Waals surface area contributed by atoms with Crippen molar-refractivity contribution in [2.75, 3.05) is 24.5 Å². The molecule has 2 amide bonds. The van der Waals surface area contributed by atoms with Gasteiger partial charge in [0, 0.05) is 11.8 Å². The number of aromatic nitrogens is 1. The van der Waals surface area contributed by atoms with Gasteiger partial charge in [0.25, 0.3) is 0 Å². The Bertz CT molecular complexity index is 925. The summed E-state index contributed by atoms with van der Waals surface area (Å²) in [6.45, 7) is 0.193. The Hall–Kier alpha value is -3.00. The zero-order valence-electron chi connectivity index (χ0n) is 12.7. The number of hydrogen-bond acceptors (Lipinski definition) is 6. The molecule has 1 aliphatic heterocycles. The molecule has 3 aromatic rings. The Labute approximate surface area is 141 Å². The lowest BCUT2D eigenvalue weighted by molar-refractivity contribution is 0.174. The standard InChI is InChI=1S/C16H13N3O4S/c1-21-11-3-2-4-13-14(11)18-16(24-13)19-15(20)17-9-5-6-10-12(7-9)23-8-22-10/h2-7H,8H2,1H3,(H2,17,18,19,20). The zero-order chi connectivity index (χ0) is 16.5. The van der Waals surface area contributed by atoms with Gasteiger partial charge in [0.05, 0.1) is 11.8 Å². The second-order valence-corrected chi connectivity index (χ2v) is 6.00. The molecule has 1 aromatic heterocycles. The minimum atomic E-state index is -0.383. The fourth-order valence-corrected chi connectivity index (χ4v) is 3.25. The van der Waals surface area contributed by atoms with Gasteiger partial charge in [0.1, 0.15) is 11.3 Å². The molecule has 0 aliphatic carbocycles. The molecule has 7 nitrogen and oxygen atoms in total. The molecule has 0 fully saturated rings. The summed E-state index contributed by atoms with van der Waals surface area (Å²) in [6, 6.07) is 10.5. The number of benzene rings is 2. The first-order chi connectivity index (χ1) is 11.7. The fraction of sp³-hybridized carbons (Fsp3) is 0.125. The Morgan fingerprint density at radius 2 is 2.08 bits per heavy atom. The maximum Gasteiger partial charge on any atom is 0.325 e. The van der Waals surface area contributed by atoms with E-state index in [-0.39, 0.29) is 12.8 Å². The molecule has 0 radical (unpaired) electrons. The average molecular weight is 343 g/mol. The Morgan fingerprint density at radius 1 is 1.21 bits per heavy atom. The van der Waals surface area contributed by atoms with E-state index in [0.717, 1.165) is 10.2 Å². The summed E-state index contributed by atoms with van der Waals surface area (Å²) < 4.78 is 16.7. The van der Waals surface area contributed by atoms with Gasteiger partial charge in [0.2, 0.25) is 6.79 Å². The van der Waals surface area contributed by atoms with Crippen LogP contribution < -0.4 is 24.8 Å². The van der Waals surface area contributed by atoms with Crippen LogP contribution in [0.3, 0.4) is 0 Å². The van der Waals surface area contributed by atoms with Gasteiger partial charge in [-0.1, -0.05) is 17.4 Å². The molecule has 2 heterocycles. The molecule has 1 aliphatic rings. The number of fused-ring (bicyclic) bond motifs is 2. The third-order valence-electron chi connectivity index (χ3n) is 3.45. The van der Waals surface area contributed by atoms with E-state index in [1.807, 2.05) is 18.2 Å². The molecule has 8 heteroatoms. The first kappa shape index (κ1) is 14.6. The topological polar surface area (TPSA) is 81.7 Å². The van der Waals surface area contributed by atoms with Crippen molar-refractivity contribution in [1.29, 1.82) is 0 Å². The zero-order valence-corrected chi connectivity index (χ0v) is 13.5. The lowest BCUT2D eigenvalue weighted by atomic mass is 10.3. The van der Waals surface area contributed by atoms with Gasteiger partial charge >= 0.3 is 6.03 Å². The largest absolute Gasteiger partial charge is 0.494 e.